The van der Waals surface area contributed by atoms with Crippen LogP contribution in [0.2, 0.25) is 0 Å². The number of amides is 1. The van der Waals surface area contributed by atoms with Gasteiger partial charge in [0.05, 0.1) is 6.54 Å². The number of carbonyl (C=O) groups excluding carboxylic acids is 1. The van der Waals surface area contributed by atoms with Crippen molar-refractivity contribution in [2.75, 3.05) is 39.3 Å². The Kier molecular flexibility index (Phi) is 6.64. The number of nitrogens with zero attached hydrogens (tertiary/aromatic N) is 2. The molecule has 2 heterocycles. The number of piperazine rings is 1. The number of hydrogen-bond donors (Lipinski definition) is 1. The highest BCUT2D eigenvalue weighted by atomic mass is 32.2. The number of hydrogen-bond acceptors (Lipinski definition) is 5. The number of nitrogens with one attached hydrogen (secondary N) is 1. The molecule has 1 unspecified atom stereocenters. The van der Waals surface area contributed by atoms with Gasteiger partial charge in [0.25, 0.3) is 10.0 Å². The van der Waals surface area contributed by atoms with Crippen molar-refractivity contribution in [1.29, 1.82) is 0 Å². The summed E-state index contributed by atoms with van der Waals surface area (Å²) in [6.07, 6.45) is 0. The second-order valence-corrected chi connectivity index (χ2v) is 9.78. The Hall–Kier alpha value is -1.74. The van der Waals surface area contributed by atoms with Gasteiger partial charge in [-0.15, -0.1) is 11.3 Å². The lowest BCUT2D eigenvalue weighted by atomic mass is 10.0. The van der Waals surface area contributed by atoms with Gasteiger partial charge in [0.1, 0.15) is 4.21 Å². The van der Waals surface area contributed by atoms with Gasteiger partial charge < -0.3 is 10.2 Å². The fourth-order valence-electron chi connectivity index (χ4n) is 3.14. The van der Waals surface area contributed by atoms with E-state index in [9.17, 15) is 13.2 Å². The molecule has 1 saturated heterocycles. The van der Waals surface area contributed by atoms with Crippen LogP contribution in [0.1, 0.15) is 18.4 Å². The van der Waals surface area contributed by atoms with Crippen LogP contribution in [0.15, 0.2) is 52.1 Å². The molecule has 0 aliphatic carbocycles. The Balaban J connectivity index is 1.81. The lowest BCUT2D eigenvalue weighted by Gasteiger charge is -2.31. The van der Waals surface area contributed by atoms with E-state index in [1.54, 1.807) is 22.4 Å². The number of thiophene rings is 1. The van der Waals surface area contributed by atoms with Crippen molar-refractivity contribution in [2.24, 2.45) is 0 Å². The minimum absolute atomic E-state index is 0.0169. The van der Waals surface area contributed by atoms with E-state index in [2.05, 4.69) is 5.32 Å². The van der Waals surface area contributed by atoms with Crippen molar-refractivity contribution in [1.82, 2.24) is 14.5 Å². The van der Waals surface area contributed by atoms with Gasteiger partial charge in [0.15, 0.2) is 0 Å². The van der Waals surface area contributed by atoms with Crippen LogP contribution >= 0.6 is 11.3 Å². The largest absolute Gasteiger partial charge is 0.339 e. The van der Waals surface area contributed by atoms with Gasteiger partial charge in [-0.05, 0) is 22.9 Å². The van der Waals surface area contributed by atoms with Crippen LogP contribution in [0.3, 0.4) is 0 Å². The average molecular weight is 408 g/mol. The molecular weight excluding hydrogens is 382 g/mol. The second-order valence-electron chi connectivity index (χ2n) is 6.67. The number of benzene rings is 1. The normalized spacial score (nSPS) is 16.4. The minimum atomic E-state index is -3.71. The maximum absolute atomic E-state index is 13.1. The highest BCUT2D eigenvalue weighted by Crippen LogP contribution is 2.24. The third-order valence-electron chi connectivity index (χ3n) is 4.72. The summed E-state index contributed by atoms with van der Waals surface area (Å²) in [6.45, 7) is 4.83. The average Bonchev–Trinajstić information content (AvgIpc) is 3.24. The van der Waals surface area contributed by atoms with Gasteiger partial charge >= 0.3 is 0 Å². The van der Waals surface area contributed by atoms with Gasteiger partial charge in [-0.25, -0.2) is 8.42 Å². The van der Waals surface area contributed by atoms with Crippen LogP contribution in [0.5, 0.6) is 0 Å². The van der Waals surface area contributed by atoms with Crippen LogP contribution in [0, 0.1) is 0 Å². The van der Waals surface area contributed by atoms with Crippen molar-refractivity contribution >= 4 is 27.3 Å². The first kappa shape index (κ1) is 20.0. The van der Waals surface area contributed by atoms with E-state index in [1.165, 1.54) is 15.6 Å². The Morgan fingerprint density at radius 1 is 1.19 bits per heavy atom. The topological polar surface area (TPSA) is 69.7 Å². The molecule has 1 aliphatic rings. The molecule has 1 aromatic heterocycles. The van der Waals surface area contributed by atoms with Crippen LogP contribution in [0.25, 0.3) is 0 Å². The molecule has 0 radical (unpaired) electrons. The van der Waals surface area contributed by atoms with Crippen molar-refractivity contribution < 1.29 is 13.2 Å². The van der Waals surface area contributed by atoms with Crippen molar-refractivity contribution in [3.8, 4) is 0 Å². The Morgan fingerprint density at radius 2 is 1.89 bits per heavy atom. The van der Waals surface area contributed by atoms with Gasteiger partial charge in [0, 0.05) is 32.7 Å². The van der Waals surface area contributed by atoms with Crippen molar-refractivity contribution in [2.45, 2.75) is 17.1 Å². The molecule has 0 saturated carbocycles. The molecular formula is C19H25N3O3S2. The van der Waals surface area contributed by atoms with Gasteiger partial charge in [-0.2, -0.15) is 4.31 Å². The quantitative estimate of drug-likeness (QED) is 0.762. The summed E-state index contributed by atoms with van der Waals surface area (Å²) in [5.41, 5.74) is 1.05. The van der Waals surface area contributed by atoms with Crippen LogP contribution in [0.4, 0.5) is 0 Å². The van der Waals surface area contributed by atoms with Gasteiger partial charge in [0.2, 0.25) is 5.91 Å². The van der Waals surface area contributed by atoms with E-state index >= 15 is 0 Å². The zero-order chi connectivity index (χ0) is 19.3. The smallest absolute Gasteiger partial charge is 0.253 e. The summed E-state index contributed by atoms with van der Waals surface area (Å²) in [6, 6.07) is 13.1. The first-order valence-electron chi connectivity index (χ1n) is 9.05. The molecule has 3 rings (SSSR count). The Morgan fingerprint density at radius 3 is 2.52 bits per heavy atom. The second kappa shape index (κ2) is 8.97. The van der Waals surface area contributed by atoms with Crippen LogP contribution in [-0.4, -0.2) is 62.8 Å². The lowest BCUT2D eigenvalue weighted by Crippen LogP contribution is -2.50. The van der Waals surface area contributed by atoms with Crippen LogP contribution in [-0.2, 0) is 14.8 Å². The third-order valence-corrected chi connectivity index (χ3v) is 7.90. The van der Waals surface area contributed by atoms with Crippen molar-refractivity contribution in [3.05, 3.63) is 53.4 Å². The molecule has 27 heavy (non-hydrogen) atoms. The number of sulfonamides is 1. The first-order chi connectivity index (χ1) is 13.0. The maximum atomic E-state index is 13.1. The predicted octanol–water partition coefficient (Wildman–Crippen LogP) is 1.97. The highest BCUT2D eigenvalue weighted by molar-refractivity contribution is 7.91. The molecule has 1 amide bonds. The fourth-order valence-corrected chi connectivity index (χ4v) is 5.77. The third kappa shape index (κ3) is 4.95. The standard InChI is InChI=1S/C19H25N3O3S2/c1-16(17-6-3-2-4-7-17)14-22(27(24,25)19-8-5-13-26-19)15-18(23)21-11-9-20-10-12-21/h2-8,13,16,20H,9-12,14-15H2,1H3. The molecule has 1 N–H and O–H groups in total. The summed E-state index contributed by atoms with van der Waals surface area (Å²) in [7, 11) is -3.71. The number of carbonyl (C=O) groups is 1. The van der Waals surface area contributed by atoms with E-state index in [-0.39, 0.29) is 29.1 Å². The van der Waals surface area contributed by atoms with E-state index in [0.717, 1.165) is 18.7 Å². The summed E-state index contributed by atoms with van der Waals surface area (Å²) >= 11 is 1.18. The SMILES string of the molecule is CC(CN(CC(=O)N1CCNCC1)S(=O)(=O)c1cccs1)c1ccccc1. The zero-order valence-corrected chi connectivity index (χ0v) is 17.0. The molecule has 146 valence electrons. The summed E-state index contributed by atoms with van der Waals surface area (Å²) in [5, 5.41) is 4.95. The lowest BCUT2D eigenvalue weighted by molar-refractivity contribution is -0.132. The van der Waals surface area contributed by atoms with E-state index in [0.29, 0.717) is 13.1 Å². The predicted molar refractivity (Wildman–Crippen MR) is 107 cm³/mol. The summed E-state index contributed by atoms with van der Waals surface area (Å²) < 4.78 is 27.9. The van der Waals surface area contributed by atoms with E-state index < -0.39 is 10.0 Å². The monoisotopic (exact) mass is 407 g/mol. The van der Waals surface area contributed by atoms with Crippen LogP contribution < -0.4 is 5.32 Å². The molecule has 6 nitrogen and oxygen atoms in total. The highest BCUT2D eigenvalue weighted by Gasteiger charge is 2.31. The molecule has 0 bridgehead atoms. The van der Waals surface area contributed by atoms with Gasteiger partial charge in [-0.1, -0.05) is 43.3 Å². The molecule has 1 fully saturated rings. The number of rotatable bonds is 7. The minimum Gasteiger partial charge on any atom is -0.339 e. The van der Waals surface area contributed by atoms with Gasteiger partial charge in [-0.3, -0.25) is 4.79 Å². The maximum Gasteiger partial charge on any atom is 0.253 e. The molecule has 0 spiro atoms. The van der Waals surface area contributed by atoms with E-state index in [1.807, 2.05) is 37.3 Å². The zero-order valence-electron chi connectivity index (χ0n) is 15.4. The van der Waals surface area contributed by atoms with E-state index in [4.69, 9.17) is 0 Å². The summed E-state index contributed by atoms with van der Waals surface area (Å²) in [4.78, 5) is 14.5. The molecule has 8 heteroatoms. The Labute approximate surface area is 164 Å². The molecule has 1 aliphatic heterocycles. The molecule has 1 atom stereocenters. The summed E-state index contributed by atoms with van der Waals surface area (Å²) in [5.74, 6) is -0.159. The van der Waals surface area contributed by atoms with Crippen molar-refractivity contribution in [3.63, 3.8) is 0 Å². The molecule has 1 aromatic carbocycles. The molecule has 2 aromatic rings. The Bertz CT molecular complexity index is 832. The fraction of sp³-hybridized carbons (Fsp3) is 0.421. The first-order valence-corrected chi connectivity index (χ1v) is 11.4.